The summed E-state index contributed by atoms with van der Waals surface area (Å²) in [7, 11) is 1.83. The van der Waals surface area contributed by atoms with E-state index in [1.807, 2.05) is 42.4 Å². The van der Waals surface area contributed by atoms with Crippen LogP contribution in [0.1, 0.15) is 28.8 Å². The van der Waals surface area contributed by atoms with Crippen molar-refractivity contribution in [2.75, 3.05) is 26.7 Å². The van der Waals surface area contributed by atoms with Crippen molar-refractivity contribution in [1.29, 1.82) is 0 Å². The van der Waals surface area contributed by atoms with Gasteiger partial charge in [-0.2, -0.15) is 9.60 Å². The van der Waals surface area contributed by atoms with Crippen LogP contribution in [0.15, 0.2) is 66.2 Å². The summed E-state index contributed by atoms with van der Waals surface area (Å²) in [5.74, 6) is -3.35. The number of aliphatic carboxylic acids is 2. The van der Waals surface area contributed by atoms with Crippen molar-refractivity contribution in [1.82, 2.24) is 5.01 Å². The summed E-state index contributed by atoms with van der Waals surface area (Å²) in [6, 6.07) is 15.3. The van der Waals surface area contributed by atoms with Gasteiger partial charge in [-0.05, 0) is 24.1 Å². The Hall–Kier alpha value is -3.89. The van der Waals surface area contributed by atoms with Gasteiger partial charge in [-0.3, -0.25) is 10.1 Å². The number of piperidine rings is 1. The highest BCUT2D eigenvalue weighted by Crippen LogP contribution is 2.33. The summed E-state index contributed by atoms with van der Waals surface area (Å²) in [5.41, 5.74) is 1.13. The molecule has 0 unspecified atom stereocenters. The average Bonchev–Trinajstić information content (AvgIpc) is 2.86. The van der Waals surface area contributed by atoms with Crippen LogP contribution in [-0.2, 0) is 16.0 Å². The number of benzene rings is 2. The fourth-order valence-corrected chi connectivity index (χ4v) is 4.59. The summed E-state index contributed by atoms with van der Waals surface area (Å²) in [5, 5.41) is 31.5. The van der Waals surface area contributed by atoms with Gasteiger partial charge in [0.25, 0.3) is 5.69 Å². The van der Waals surface area contributed by atoms with Crippen molar-refractivity contribution in [3.63, 3.8) is 0 Å². The molecule has 0 atom stereocenters. The standard InChI is InChI=1S/C25H27N3O7/c1-26(14-11-18-5-3-2-4-6-18)28(24(31)20-7-9-21(10-8-20)27(34)35)15-12-19(13-16-28)22(25(32)33)17-23(29)30/h2-10,17,19H,11-16H2,1H3,(H-,29,30,32,33)/p+1/b22-17-. The van der Waals surface area contributed by atoms with E-state index in [1.54, 1.807) is 0 Å². The third-order valence-corrected chi connectivity index (χ3v) is 6.58. The second-order valence-electron chi connectivity index (χ2n) is 8.61. The number of likely N-dealkylation sites (N-methyl/N-ethyl adjacent to an activating group) is 1. The minimum Gasteiger partial charge on any atom is -0.478 e. The Morgan fingerprint density at radius 3 is 2.17 bits per heavy atom. The molecule has 184 valence electrons. The normalized spacial score (nSPS) is 20.4. The average molecular weight is 483 g/mol. The van der Waals surface area contributed by atoms with E-state index in [2.05, 4.69) is 0 Å². The summed E-state index contributed by atoms with van der Waals surface area (Å²) < 4.78 is -0.0822. The highest BCUT2D eigenvalue weighted by molar-refractivity contribution is 5.95. The van der Waals surface area contributed by atoms with Gasteiger partial charge in [0.2, 0.25) is 0 Å². The maximum atomic E-state index is 13.8. The van der Waals surface area contributed by atoms with Crippen LogP contribution in [0.25, 0.3) is 0 Å². The molecule has 1 heterocycles. The molecular formula is C25H28N3O7+. The van der Waals surface area contributed by atoms with Crippen LogP contribution in [0, 0.1) is 16.0 Å². The highest BCUT2D eigenvalue weighted by atomic mass is 16.6. The molecule has 10 nitrogen and oxygen atoms in total. The number of likely N-dealkylation sites (tertiary alicyclic amines) is 1. The lowest BCUT2D eigenvalue weighted by atomic mass is 9.87. The number of nitro benzene ring substituents is 1. The molecule has 1 fully saturated rings. The van der Waals surface area contributed by atoms with Crippen LogP contribution in [0.5, 0.6) is 0 Å². The number of rotatable bonds is 9. The van der Waals surface area contributed by atoms with E-state index in [0.717, 1.165) is 11.6 Å². The maximum absolute atomic E-state index is 13.8. The second-order valence-corrected chi connectivity index (χ2v) is 8.61. The van der Waals surface area contributed by atoms with Crippen LogP contribution < -0.4 is 0 Å². The molecule has 2 N–H and O–H groups in total. The SMILES string of the molecule is CN(CCc1ccccc1)[N+]1(C(=O)c2ccc([N+](=O)[O-])cc2)CCC(/C(=C/C(=O)O)C(=O)O)CC1. The molecule has 2 aromatic carbocycles. The van der Waals surface area contributed by atoms with E-state index in [0.29, 0.717) is 31.4 Å². The van der Waals surface area contributed by atoms with Gasteiger partial charge in [0, 0.05) is 49.6 Å². The second kappa shape index (κ2) is 11.0. The fraction of sp³-hybridized carbons (Fsp3) is 0.320. The fourth-order valence-electron chi connectivity index (χ4n) is 4.59. The number of quaternary nitrogens is 1. The number of carbonyl (C=O) groups excluding carboxylic acids is 1. The molecule has 0 saturated carbocycles. The van der Waals surface area contributed by atoms with Gasteiger partial charge in [-0.15, -0.1) is 0 Å². The van der Waals surface area contributed by atoms with Crippen molar-refractivity contribution < 1.29 is 34.1 Å². The molecular weight excluding hydrogens is 454 g/mol. The zero-order valence-corrected chi connectivity index (χ0v) is 19.4. The van der Waals surface area contributed by atoms with Crippen LogP contribution >= 0.6 is 0 Å². The molecule has 0 bridgehead atoms. The zero-order valence-electron chi connectivity index (χ0n) is 19.4. The largest absolute Gasteiger partial charge is 0.478 e. The Labute approximate surface area is 202 Å². The predicted molar refractivity (Wildman–Crippen MR) is 126 cm³/mol. The summed E-state index contributed by atoms with van der Waals surface area (Å²) in [6.45, 7) is 1.09. The van der Waals surface area contributed by atoms with Gasteiger partial charge in [-0.25, -0.2) is 14.4 Å². The van der Waals surface area contributed by atoms with E-state index in [9.17, 15) is 29.6 Å². The number of carbonyl (C=O) groups is 3. The first-order valence-electron chi connectivity index (χ1n) is 11.2. The van der Waals surface area contributed by atoms with Crippen LogP contribution in [0.2, 0.25) is 0 Å². The lowest BCUT2D eigenvalue weighted by Crippen LogP contribution is -2.65. The minimum atomic E-state index is -1.32. The molecule has 1 aliphatic rings. The molecule has 2 aromatic rings. The van der Waals surface area contributed by atoms with Crippen LogP contribution in [0.3, 0.4) is 0 Å². The maximum Gasteiger partial charge on any atom is 0.365 e. The highest BCUT2D eigenvalue weighted by Gasteiger charge is 2.46. The van der Waals surface area contributed by atoms with Crippen molar-refractivity contribution in [2.24, 2.45) is 5.92 Å². The van der Waals surface area contributed by atoms with Gasteiger partial charge in [0.05, 0.1) is 17.0 Å². The number of hydrogen-bond acceptors (Lipinski definition) is 6. The Bertz CT molecular complexity index is 1120. The van der Waals surface area contributed by atoms with Crippen molar-refractivity contribution in [2.45, 2.75) is 19.3 Å². The number of hydrogen-bond donors (Lipinski definition) is 2. The Kier molecular flexibility index (Phi) is 8.10. The van der Waals surface area contributed by atoms with Crippen molar-refractivity contribution in [3.8, 4) is 0 Å². The molecule has 1 aliphatic heterocycles. The molecule has 0 spiro atoms. The van der Waals surface area contributed by atoms with E-state index >= 15 is 0 Å². The molecule has 0 radical (unpaired) electrons. The van der Waals surface area contributed by atoms with Gasteiger partial charge in [0.15, 0.2) is 0 Å². The number of nitrogens with zero attached hydrogens (tertiary/aromatic N) is 3. The zero-order chi connectivity index (χ0) is 25.6. The third kappa shape index (κ3) is 5.97. The van der Waals surface area contributed by atoms with Crippen molar-refractivity contribution >= 4 is 23.5 Å². The molecule has 1 saturated heterocycles. The smallest absolute Gasteiger partial charge is 0.365 e. The first-order chi connectivity index (χ1) is 16.6. The number of amides is 1. The van der Waals surface area contributed by atoms with Gasteiger partial charge in [-0.1, -0.05) is 30.3 Å². The van der Waals surface area contributed by atoms with E-state index < -0.39 is 22.8 Å². The third-order valence-electron chi connectivity index (χ3n) is 6.58. The van der Waals surface area contributed by atoms with Crippen molar-refractivity contribution in [3.05, 3.63) is 87.5 Å². The minimum absolute atomic E-state index is 0.0822. The molecule has 1 amide bonds. The molecule has 10 heteroatoms. The molecule has 3 rings (SSSR count). The molecule has 0 aromatic heterocycles. The van der Waals surface area contributed by atoms with E-state index in [-0.39, 0.29) is 34.8 Å². The summed E-state index contributed by atoms with van der Waals surface area (Å²) in [6.07, 6.45) is 2.03. The number of carboxylic acids is 2. The lowest BCUT2D eigenvalue weighted by Gasteiger charge is -2.46. The quantitative estimate of drug-likeness (QED) is 0.241. The van der Waals surface area contributed by atoms with E-state index in [1.165, 1.54) is 24.3 Å². The van der Waals surface area contributed by atoms with Crippen LogP contribution in [-0.4, -0.2) is 69.3 Å². The first-order valence-corrected chi connectivity index (χ1v) is 11.2. The lowest BCUT2D eigenvalue weighted by molar-refractivity contribution is -0.966. The Balaban J connectivity index is 1.88. The Morgan fingerprint density at radius 2 is 1.66 bits per heavy atom. The number of carboxylic acid groups (broad SMARTS) is 2. The monoisotopic (exact) mass is 482 g/mol. The molecule has 0 aliphatic carbocycles. The van der Waals surface area contributed by atoms with Crippen LogP contribution in [0.4, 0.5) is 5.69 Å². The van der Waals surface area contributed by atoms with Gasteiger partial charge >= 0.3 is 17.8 Å². The predicted octanol–water partition coefficient (Wildman–Crippen LogP) is 3.15. The summed E-state index contributed by atoms with van der Waals surface area (Å²) in [4.78, 5) is 47.1. The molecule has 35 heavy (non-hydrogen) atoms. The van der Waals surface area contributed by atoms with Gasteiger partial charge < -0.3 is 10.2 Å². The topological polar surface area (TPSA) is 138 Å². The summed E-state index contributed by atoms with van der Waals surface area (Å²) >= 11 is 0. The Morgan fingerprint density at radius 1 is 1.06 bits per heavy atom. The number of non-ortho nitro benzene ring substituents is 1. The first kappa shape index (κ1) is 25.7. The number of nitro groups is 1. The van der Waals surface area contributed by atoms with Gasteiger partial charge in [0.1, 0.15) is 13.1 Å². The van der Waals surface area contributed by atoms with E-state index in [4.69, 9.17) is 5.11 Å².